The summed E-state index contributed by atoms with van der Waals surface area (Å²) in [5, 5.41) is 11.4. The third-order valence-corrected chi connectivity index (χ3v) is 6.83. The quantitative estimate of drug-likeness (QED) is 0.453. The first-order valence-corrected chi connectivity index (χ1v) is 10.2. The summed E-state index contributed by atoms with van der Waals surface area (Å²) in [7, 11) is -3.18. The maximum absolute atomic E-state index is 12.3. The number of para-hydroxylation sites is 1. The molecular formula is C17H15N3O4S2. The number of nitrogens with zero attached hydrogens (tertiary/aromatic N) is 3. The van der Waals surface area contributed by atoms with Crippen molar-refractivity contribution < 1.29 is 13.3 Å². The molecule has 0 spiro atoms. The second-order valence-corrected chi connectivity index (χ2v) is 8.86. The number of hydrogen-bond donors (Lipinski definition) is 0. The molecule has 9 heteroatoms. The van der Waals surface area contributed by atoms with Crippen LogP contribution >= 0.6 is 12.2 Å². The van der Waals surface area contributed by atoms with Crippen LogP contribution in [0.25, 0.3) is 0 Å². The van der Waals surface area contributed by atoms with Crippen molar-refractivity contribution in [2.45, 2.75) is 12.1 Å². The summed E-state index contributed by atoms with van der Waals surface area (Å²) in [6, 6.07) is 14.9. The summed E-state index contributed by atoms with van der Waals surface area (Å²) in [5.74, 6) is 0.0499. The lowest BCUT2D eigenvalue weighted by molar-refractivity contribution is -0.384. The first-order chi connectivity index (χ1) is 12.4. The van der Waals surface area contributed by atoms with Crippen molar-refractivity contribution in [3.63, 3.8) is 0 Å². The van der Waals surface area contributed by atoms with Gasteiger partial charge in [-0.3, -0.25) is 10.1 Å². The molecule has 0 saturated carbocycles. The molecule has 2 saturated heterocycles. The van der Waals surface area contributed by atoms with Crippen molar-refractivity contribution >= 4 is 44.2 Å². The van der Waals surface area contributed by atoms with E-state index in [1.54, 1.807) is 17.0 Å². The Morgan fingerprint density at radius 2 is 1.42 bits per heavy atom. The Kier molecular flexibility index (Phi) is 3.92. The number of benzene rings is 2. The van der Waals surface area contributed by atoms with Crippen molar-refractivity contribution in [2.24, 2.45) is 0 Å². The number of sulfone groups is 1. The summed E-state index contributed by atoms with van der Waals surface area (Å²) in [4.78, 5) is 14.1. The maximum Gasteiger partial charge on any atom is 0.269 e. The van der Waals surface area contributed by atoms with Crippen LogP contribution in [0.3, 0.4) is 0 Å². The van der Waals surface area contributed by atoms with Crippen molar-refractivity contribution in [2.75, 3.05) is 21.3 Å². The third-order valence-electron chi connectivity index (χ3n) is 4.74. The van der Waals surface area contributed by atoms with Gasteiger partial charge in [0.15, 0.2) is 14.9 Å². The largest absolute Gasteiger partial charge is 0.312 e. The van der Waals surface area contributed by atoms with Crippen LogP contribution in [-0.4, -0.2) is 42.0 Å². The maximum atomic E-state index is 12.3. The fourth-order valence-corrected chi connectivity index (χ4v) is 6.03. The monoisotopic (exact) mass is 389 g/mol. The van der Waals surface area contributed by atoms with Crippen LogP contribution in [0.2, 0.25) is 0 Å². The highest BCUT2D eigenvalue weighted by molar-refractivity contribution is 7.91. The fraction of sp³-hybridized carbons (Fsp3) is 0.235. The molecule has 0 radical (unpaired) electrons. The molecular weight excluding hydrogens is 374 g/mol. The van der Waals surface area contributed by atoms with E-state index in [2.05, 4.69) is 0 Å². The molecule has 2 heterocycles. The Hall–Kier alpha value is -2.52. The van der Waals surface area contributed by atoms with E-state index in [-0.39, 0.29) is 29.3 Å². The Labute approximate surface area is 155 Å². The molecule has 2 atom stereocenters. The Bertz CT molecular complexity index is 977. The average Bonchev–Trinajstić information content (AvgIpc) is 3.04. The molecule has 2 aromatic carbocycles. The summed E-state index contributed by atoms with van der Waals surface area (Å²) >= 11 is 5.66. The molecule has 2 aliphatic heterocycles. The Balaban J connectivity index is 1.77. The summed E-state index contributed by atoms with van der Waals surface area (Å²) in [6.07, 6.45) is 0. The number of nitro groups is 1. The van der Waals surface area contributed by atoms with Gasteiger partial charge >= 0.3 is 0 Å². The SMILES string of the molecule is O=[N+]([O-])c1ccc(N2C(=S)N(c3ccccc3)[C@@H]3CS(=O)(=O)C[C@@H]32)cc1. The lowest BCUT2D eigenvalue weighted by Crippen LogP contribution is -2.37. The van der Waals surface area contributed by atoms with Gasteiger partial charge in [0.1, 0.15) is 0 Å². The second kappa shape index (κ2) is 6.03. The number of anilines is 2. The van der Waals surface area contributed by atoms with Gasteiger partial charge in [0, 0.05) is 23.5 Å². The Morgan fingerprint density at radius 1 is 0.923 bits per heavy atom. The molecule has 0 aliphatic carbocycles. The third kappa shape index (κ3) is 2.73. The number of nitro benzene ring substituents is 1. The van der Waals surface area contributed by atoms with E-state index in [1.165, 1.54) is 12.1 Å². The van der Waals surface area contributed by atoms with Crippen LogP contribution in [0.15, 0.2) is 54.6 Å². The minimum atomic E-state index is -3.18. The van der Waals surface area contributed by atoms with Crippen molar-refractivity contribution in [3.05, 3.63) is 64.7 Å². The van der Waals surface area contributed by atoms with Gasteiger partial charge < -0.3 is 9.80 Å². The smallest absolute Gasteiger partial charge is 0.269 e. The normalized spacial score (nSPS) is 23.9. The summed E-state index contributed by atoms with van der Waals surface area (Å²) in [6.45, 7) is 0. The molecule has 7 nitrogen and oxygen atoms in total. The molecule has 2 aromatic rings. The van der Waals surface area contributed by atoms with Crippen molar-refractivity contribution in [1.29, 1.82) is 0 Å². The van der Waals surface area contributed by atoms with Crippen LogP contribution in [-0.2, 0) is 9.84 Å². The number of non-ortho nitro benzene ring substituents is 1. The Morgan fingerprint density at radius 3 is 1.92 bits per heavy atom. The molecule has 0 bridgehead atoms. The molecule has 4 rings (SSSR count). The zero-order chi connectivity index (χ0) is 18.5. The van der Waals surface area contributed by atoms with Gasteiger partial charge in [-0.2, -0.15) is 0 Å². The zero-order valence-corrected chi connectivity index (χ0v) is 15.2. The number of thiocarbonyl (C=S) groups is 1. The lowest BCUT2D eigenvalue weighted by Gasteiger charge is -2.25. The molecule has 134 valence electrons. The number of rotatable bonds is 3. The van der Waals surface area contributed by atoms with Crippen LogP contribution in [0.4, 0.5) is 17.1 Å². The molecule has 0 N–H and O–H groups in total. The minimum absolute atomic E-state index is 0.0120. The molecule has 2 fully saturated rings. The predicted molar refractivity (Wildman–Crippen MR) is 103 cm³/mol. The molecule has 0 unspecified atom stereocenters. The summed E-state index contributed by atoms with van der Waals surface area (Å²) in [5.41, 5.74) is 1.48. The first-order valence-electron chi connectivity index (χ1n) is 8.00. The topological polar surface area (TPSA) is 83.8 Å². The molecule has 26 heavy (non-hydrogen) atoms. The van der Waals surface area contributed by atoms with Crippen LogP contribution in [0, 0.1) is 10.1 Å². The fourth-order valence-electron chi connectivity index (χ4n) is 3.63. The first kappa shape index (κ1) is 16.9. The molecule has 0 aromatic heterocycles. The number of fused-ring (bicyclic) bond motifs is 1. The highest BCUT2D eigenvalue weighted by Gasteiger charge is 2.52. The highest BCUT2D eigenvalue weighted by Crippen LogP contribution is 2.38. The van der Waals surface area contributed by atoms with E-state index in [1.807, 2.05) is 35.2 Å². The van der Waals surface area contributed by atoms with Gasteiger partial charge in [0.25, 0.3) is 5.69 Å². The van der Waals surface area contributed by atoms with Gasteiger partial charge in [0.05, 0.1) is 28.5 Å². The van der Waals surface area contributed by atoms with Crippen LogP contribution in [0.1, 0.15) is 0 Å². The van der Waals surface area contributed by atoms with Crippen LogP contribution in [0.5, 0.6) is 0 Å². The van der Waals surface area contributed by atoms with E-state index < -0.39 is 14.8 Å². The lowest BCUT2D eigenvalue weighted by atomic mass is 10.1. The van der Waals surface area contributed by atoms with Gasteiger partial charge in [-0.15, -0.1) is 0 Å². The molecule has 0 amide bonds. The standard InChI is InChI=1S/C17H15N3O4S2/c21-20(22)14-8-6-13(7-9-14)19-16-11-26(23,24)10-15(16)18(17(19)25)12-4-2-1-3-5-12/h1-9,15-16H,10-11H2/t15-,16+/m1/s1. The van der Waals surface area contributed by atoms with E-state index in [0.717, 1.165) is 5.69 Å². The van der Waals surface area contributed by atoms with Gasteiger partial charge in [-0.1, -0.05) is 18.2 Å². The van der Waals surface area contributed by atoms with Gasteiger partial charge in [-0.25, -0.2) is 8.42 Å². The van der Waals surface area contributed by atoms with Crippen molar-refractivity contribution in [1.82, 2.24) is 0 Å². The zero-order valence-electron chi connectivity index (χ0n) is 13.6. The molecule has 2 aliphatic rings. The van der Waals surface area contributed by atoms with E-state index >= 15 is 0 Å². The van der Waals surface area contributed by atoms with Crippen molar-refractivity contribution in [3.8, 4) is 0 Å². The highest BCUT2D eigenvalue weighted by atomic mass is 32.2. The van der Waals surface area contributed by atoms with E-state index in [4.69, 9.17) is 12.2 Å². The van der Waals surface area contributed by atoms with Crippen LogP contribution < -0.4 is 9.80 Å². The predicted octanol–water partition coefficient (Wildman–Crippen LogP) is 2.37. The van der Waals surface area contributed by atoms with E-state index in [0.29, 0.717) is 10.8 Å². The van der Waals surface area contributed by atoms with E-state index in [9.17, 15) is 18.5 Å². The second-order valence-electron chi connectivity index (χ2n) is 6.34. The summed E-state index contributed by atoms with van der Waals surface area (Å²) < 4.78 is 24.5. The van der Waals surface area contributed by atoms with Gasteiger partial charge in [-0.05, 0) is 36.5 Å². The minimum Gasteiger partial charge on any atom is -0.312 e. The van der Waals surface area contributed by atoms with Gasteiger partial charge in [0.2, 0.25) is 0 Å². The number of hydrogen-bond acceptors (Lipinski definition) is 5. The average molecular weight is 389 g/mol.